The lowest BCUT2D eigenvalue weighted by Crippen LogP contribution is -2.35. The number of halogens is 1. The number of ether oxygens (including phenoxy) is 2. The Morgan fingerprint density at radius 1 is 1.03 bits per heavy atom. The molecule has 2 heterocycles. The predicted octanol–water partition coefficient (Wildman–Crippen LogP) is 4.47. The van der Waals surface area contributed by atoms with Crippen molar-refractivity contribution in [3.63, 3.8) is 0 Å². The smallest absolute Gasteiger partial charge is 0.344 e. The van der Waals surface area contributed by atoms with Gasteiger partial charge in [0.25, 0.3) is 5.91 Å². The van der Waals surface area contributed by atoms with Crippen LogP contribution in [0.4, 0.5) is 10.1 Å². The van der Waals surface area contributed by atoms with E-state index < -0.39 is 29.4 Å². The highest BCUT2D eigenvalue weighted by molar-refractivity contribution is 5.97. The van der Waals surface area contributed by atoms with Crippen LogP contribution in [0.1, 0.15) is 17.0 Å². The van der Waals surface area contributed by atoms with Crippen molar-refractivity contribution in [2.45, 2.75) is 12.0 Å². The molecule has 3 aromatic carbocycles. The topological polar surface area (TPSA) is 77.8 Å². The number of hydrogen-bond acceptors (Lipinski definition) is 5. The van der Waals surface area contributed by atoms with Gasteiger partial charge in [-0.1, -0.05) is 30.3 Å². The second kappa shape index (κ2) is 7.85. The number of para-hydroxylation sites is 1. The molecule has 0 bridgehead atoms. The summed E-state index contributed by atoms with van der Waals surface area (Å²) < 4.78 is 30.4. The number of hydrogen-bond donors (Lipinski definition) is 1. The zero-order chi connectivity index (χ0) is 22.2. The van der Waals surface area contributed by atoms with Gasteiger partial charge in [0.05, 0.1) is 24.0 Å². The van der Waals surface area contributed by atoms with Gasteiger partial charge in [0.1, 0.15) is 22.9 Å². The molecule has 160 valence electrons. The Balaban J connectivity index is 1.61. The third kappa shape index (κ3) is 3.37. The van der Waals surface area contributed by atoms with Gasteiger partial charge in [-0.15, -0.1) is 0 Å². The van der Waals surface area contributed by atoms with Crippen LogP contribution in [0.2, 0.25) is 0 Å². The molecule has 32 heavy (non-hydrogen) atoms. The van der Waals surface area contributed by atoms with Crippen molar-refractivity contribution < 1.29 is 23.1 Å². The van der Waals surface area contributed by atoms with E-state index >= 15 is 0 Å². The molecule has 6 nitrogen and oxygen atoms in total. The second-order valence-corrected chi connectivity index (χ2v) is 7.42. The molecule has 1 aliphatic rings. The third-order valence-electron chi connectivity index (χ3n) is 5.48. The molecule has 4 aromatic rings. The summed E-state index contributed by atoms with van der Waals surface area (Å²) in [5, 5.41) is 3.41. The lowest BCUT2D eigenvalue weighted by Gasteiger charge is -2.19. The van der Waals surface area contributed by atoms with Gasteiger partial charge in [0.15, 0.2) is 6.10 Å². The normalized spacial score (nSPS) is 16.9. The number of carbonyl (C=O) groups is 1. The molecule has 5 rings (SSSR count). The maximum Gasteiger partial charge on any atom is 0.344 e. The van der Waals surface area contributed by atoms with Gasteiger partial charge in [0, 0.05) is 11.8 Å². The van der Waals surface area contributed by atoms with Crippen LogP contribution < -0.4 is 20.4 Å². The van der Waals surface area contributed by atoms with E-state index in [1.165, 1.54) is 19.2 Å². The Labute approximate surface area is 182 Å². The Kier molecular flexibility index (Phi) is 4.86. The Morgan fingerprint density at radius 3 is 2.59 bits per heavy atom. The van der Waals surface area contributed by atoms with E-state index in [9.17, 15) is 14.0 Å². The molecule has 0 radical (unpaired) electrons. The van der Waals surface area contributed by atoms with E-state index in [1.807, 2.05) is 0 Å². The lowest BCUT2D eigenvalue weighted by atomic mass is 9.88. The van der Waals surface area contributed by atoms with Crippen LogP contribution in [0.15, 0.2) is 82.0 Å². The lowest BCUT2D eigenvalue weighted by molar-refractivity contribution is -0.122. The van der Waals surface area contributed by atoms with Gasteiger partial charge in [-0.2, -0.15) is 0 Å². The number of fused-ring (bicyclic) bond motifs is 3. The maximum atomic E-state index is 13.6. The molecule has 1 N–H and O–H groups in total. The van der Waals surface area contributed by atoms with Gasteiger partial charge < -0.3 is 19.2 Å². The number of anilines is 1. The van der Waals surface area contributed by atoms with Crippen molar-refractivity contribution in [2.24, 2.45) is 0 Å². The highest BCUT2D eigenvalue weighted by atomic mass is 19.1. The van der Waals surface area contributed by atoms with E-state index in [2.05, 4.69) is 5.32 Å². The maximum absolute atomic E-state index is 13.6. The van der Waals surface area contributed by atoms with Crippen LogP contribution >= 0.6 is 0 Å². The highest BCUT2D eigenvalue weighted by Gasteiger charge is 2.44. The first kappa shape index (κ1) is 19.8. The molecule has 1 amide bonds. The number of carbonyl (C=O) groups excluding carboxylic acids is 1. The second-order valence-electron chi connectivity index (χ2n) is 7.42. The van der Waals surface area contributed by atoms with Crippen LogP contribution in [-0.4, -0.2) is 19.1 Å². The van der Waals surface area contributed by atoms with Crippen LogP contribution in [0, 0.1) is 5.82 Å². The number of methoxy groups -OCH3 is 1. The Morgan fingerprint density at radius 2 is 1.81 bits per heavy atom. The summed E-state index contributed by atoms with van der Waals surface area (Å²) in [7, 11) is 1.53. The fourth-order valence-corrected chi connectivity index (χ4v) is 4.01. The van der Waals surface area contributed by atoms with Gasteiger partial charge >= 0.3 is 5.63 Å². The summed E-state index contributed by atoms with van der Waals surface area (Å²) in [5.41, 5.74) is 1.09. The molecular weight excluding hydrogens is 413 g/mol. The van der Waals surface area contributed by atoms with Crippen LogP contribution in [0.5, 0.6) is 11.5 Å². The summed E-state index contributed by atoms with van der Waals surface area (Å²) in [4.78, 5) is 26.2. The van der Waals surface area contributed by atoms with Crippen molar-refractivity contribution in [2.75, 3.05) is 12.4 Å². The number of benzene rings is 3. The molecule has 2 atom stereocenters. The van der Waals surface area contributed by atoms with Crippen LogP contribution in [0.25, 0.3) is 11.0 Å². The average Bonchev–Trinajstić information content (AvgIpc) is 3.22. The zero-order valence-corrected chi connectivity index (χ0v) is 17.0. The zero-order valence-electron chi connectivity index (χ0n) is 17.0. The van der Waals surface area contributed by atoms with E-state index in [0.717, 1.165) is 0 Å². The minimum atomic E-state index is -1.06. The van der Waals surface area contributed by atoms with E-state index in [0.29, 0.717) is 33.7 Å². The molecular formula is C25H18FNO5. The largest absolute Gasteiger partial charge is 0.497 e. The van der Waals surface area contributed by atoms with Crippen molar-refractivity contribution in [3.05, 3.63) is 100 Å². The van der Waals surface area contributed by atoms with Gasteiger partial charge in [0.2, 0.25) is 0 Å². The molecule has 0 saturated carbocycles. The van der Waals surface area contributed by atoms with E-state index in [1.54, 1.807) is 60.7 Å². The van der Waals surface area contributed by atoms with Crippen molar-refractivity contribution in [1.82, 2.24) is 0 Å². The summed E-state index contributed by atoms with van der Waals surface area (Å²) in [6.07, 6.45) is -1.06. The standard InChI is InChI=1S/C25H18FNO5/c1-30-17-6-4-5-16(13-17)27-24(28)23-20(14-9-11-15(26)12-10-14)21-22(32-23)18-7-2-3-8-19(18)31-25(21)29/h2-13,20,23H,1H3,(H,27,28). The number of rotatable bonds is 4. The summed E-state index contributed by atoms with van der Waals surface area (Å²) in [6, 6.07) is 19.5. The predicted molar refractivity (Wildman–Crippen MR) is 117 cm³/mol. The minimum Gasteiger partial charge on any atom is -0.497 e. The molecule has 7 heteroatoms. The fraction of sp³-hybridized carbons (Fsp3) is 0.120. The molecule has 2 unspecified atom stereocenters. The molecule has 0 fully saturated rings. The Hall–Kier alpha value is -4.13. The number of nitrogens with one attached hydrogen (secondary N) is 1. The Bertz CT molecular complexity index is 1380. The molecule has 1 aromatic heterocycles. The SMILES string of the molecule is COc1cccc(NC(=O)C2Oc3c(c(=O)oc4ccccc34)C2c2ccc(F)cc2)c1. The van der Waals surface area contributed by atoms with Crippen LogP contribution in [0.3, 0.4) is 0 Å². The van der Waals surface area contributed by atoms with Crippen molar-refractivity contribution >= 4 is 22.6 Å². The van der Waals surface area contributed by atoms with Crippen molar-refractivity contribution in [1.29, 1.82) is 0 Å². The first-order chi connectivity index (χ1) is 15.5. The van der Waals surface area contributed by atoms with E-state index in [-0.39, 0.29) is 5.56 Å². The first-order valence-corrected chi connectivity index (χ1v) is 9.98. The monoisotopic (exact) mass is 431 g/mol. The molecule has 0 spiro atoms. The van der Waals surface area contributed by atoms with Crippen molar-refractivity contribution in [3.8, 4) is 11.5 Å². The quantitative estimate of drug-likeness (QED) is 0.483. The molecule has 0 aliphatic carbocycles. The highest BCUT2D eigenvalue weighted by Crippen LogP contribution is 2.44. The first-order valence-electron chi connectivity index (χ1n) is 9.98. The summed E-state index contributed by atoms with van der Waals surface area (Å²) in [5.74, 6) is -0.753. The van der Waals surface area contributed by atoms with Crippen LogP contribution in [-0.2, 0) is 4.79 Å². The van der Waals surface area contributed by atoms with Gasteiger partial charge in [-0.3, -0.25) is 4.79 Å². The summed E-state index contributed by atoms with van der Waals surface area (Å²) >= 11 is 0. The fourth-order valence-electron chi connectivity index (χ4n) is 4.01. The third-order valence-corrected chi connectivity index (χ3v) is 5.48. The average molecular weight is 431 g/mol. The minimum absolute atomic E-state index is 0.237. The molecule has 0 saturated heterocycles. The van der Waals surface area contributed by atoms with Gasteiger partial charge in [-0.05, 0) is 42.0 Å². The molecule has 1 aliphatic heterocycles. The van der Waals surface area contributed by atoms with E-state index in [4.69, 9.17) is 13.9 Å². The van der Waals surface area contributed by atoms with Gasteiger partial charge in [-0.25, -0.2) is 9.18 Å². The summed E-state index contributed by atoms with van der Waals surface area (Å²) in [6.45, 7) is 0. The number of amides is 1.